The van der Waals surface area contributed by atoms with Gasteiger partial charge in [-0.05, 0) is 40.9 Å². The molecule has 3 rings (SSSR count). The first kappa shape index (κ1) is 14.7. The second kappa shape index (κ2) is 6.72. The van der Waals surface area contributed by atoms with Gasteiger partial charge in [0.1, 0.15) is 11.4 Å². The number of rotatable bonds is 6. The summed E-state index contributed by atoms with van der Waals surface area (Å²) in [5.41, 5.74) is 2.77. The van der Waals surface area contributed by atoms with Crippen LogP contribution < -0.4 is 0 Å². The molecule has 3 aromatic rings. The summed E-state index contributed by atoms with van der Waals surface area (Å²) in [7, 11) is 0. The van der Waals surface area contributed by atoms with Crippen LogP contribution in [0.25, 0.3) is 11.3 Å². The Balaban J connectivity index is 1.70. The van der Waals surface area contributed by atoms with Crippen molar-refractivity contribution in [3.05, 3.63) is 52.9 Å². The molecule has 2 aromatic heterocycles. The molecule has 0 saturated carbocycles. The number of thiophene rings is 1. The molecule has 0 aliphatic heterocycles. The number of benzene rings is 1. The maximum Gasteiger partial charge on any atom is 0.116 e. The molecule has 0 amide bonds. The van der Waals surface area contributed by atoms with E-state index in [9.17, 15) is 10.2 Å². The van der Waals surface area contributed by atoms with E-state index >= 15 is 0 Å². The third-order valence-electron chi connectivity index (χ3n) is 3.49. The summed E-state index contributed by atoms with van der Waals surface area (Å²) in [5, 5.41) is 31.5. The predicted octanol–water partition coefficient (Wildman–Crippen LogP) is 2.56. The Kier molecular flexibility index (Phi) is 4.50. The van der Waals surface area contributed by atoms with E-state index in [1.807, 2.05) is 17.6 Å². The summed E-state index contributed by atoms with van der Waals surface area (Å²) in [5.74, 6) is 0.311. The van der Waals surface area contributed by atoms with E-state index in [2.05, 4.69) is 21.8 Å². The van der Waals surface area contributed by atoms with Crippen LogP contribution >= 0.6 is 11.3 Å². The predicted molar refractivity (Wildman–Crippen MR) is 85.7 cm³/mol. The fraction of sp³-hybridized carbons (Fsp3) is 0.250. The lowest BCUT2D eigenvalue weighted by molar-refractivity contribution is 0.205. The molecule has 114 valence electrons. The zero-order valence-electron chi connectivity index (χ0n) is 12.0. The van der Waals surface area contributed by atoms with Gasteiger partial charge in [-0.25, -0.2) is 0 Å². The maximum absolute atomic E-state index is 9.56. The molecular weight excluding hydrogens is 298 g/mol. The van der Waals surface area contributed by atoms with E-state index in [0.29, 0.717) is 12.2 Å². The van der Waals surface area contributed by atoms with Gasteiger partial charge >= 0.3 is 0 Å². The SMILES string of the molecule is OC[C@H](Cc1ccsc1)Cn1cc(-c2cccc(O)c2)nn1. The number of aliphatic hydroxyl groups is 1. The molecule has 1 aromatic carbocycles. The van der Waals surface area contributed by atoms with Gasteiger partial charge in [-0.3, -0.25) is 4.68 Å². The van der Waals surface area contributed by atoms with E-state index in [1.54, 1.807) is 34.2 Å². The smallest absolute Gasteiger partial charge is 0.116 e. The Morgan fingerprint density at radius 3 is 2.91 bits per heavy atom. The van der Waals surface area contributed by atoms with Gasteiger partial charge in [0, 0.05) is 24.6 Å². The summed E-state index contributed by atoms with van der Waals surface area (Å²) in [6, 6.07) is 9.01. The van der Waals surface area contributed by atoms with Crippen LogP contribution in [0.2, 0.25) is 0 Å². The molecule has 0 aliphatic carbocycles. The maximum atomic E-state index is 9.56. The number of phenolic OH excluding ortho intramolecular Hbond substituents is 1. The normalized spacial score (nSPS) is 12.4. The highest BCUT2D eigenvalue weighted by Crippen LogP contribution is 2.21. The highest BCUT2D eigenvalue weighted by atomic mass is 32.1. The second-order valence-corrected chi connectivity index (χ2v) is 6.04. The van der Waals surface area contributed by atoms with Crippen LogP contribution in [-0.4, -0.2) is 31.8 Å². The van der Waals surface area contributed by atoms with Gasteiger partial charge in [0.05, 0.1) is 6.20 Å². The number of nitrogens with zero attached hydrogens (tertiary/aromatic N) is 3. The van der Waals surface area contributed by atoms with E-state index < -0.39 is 0 Å². The Labute approximate surface area is 132 Å². The minimum absolute atomic E-state index is 0.105. The molecule has 0 unspecified atom stereocenters. The first-order valence-corrected chi connectivity index (χ1v) is 8.00. The third kappa shape index (κ3) is 3.52. The van der Waals surface area contributed by atoms with Gasteiger partial charge in [-0.1, -0.05) is 17.3 Å². The summed E-state index contributed by atoms with van der Waals surface area (Å²) in [4.78, 5) is 0. The molecule has 2 N–H and O–H groups in total. The Bertz CT molecular complexity index is 725. The molecular formula is C16H17N3O2S. The monoisotopic (exact) mass is 315 g/mol. The highest BCUT2D eigenvalue weighted by molar-refractivity contribution is 7.07. The molecule has 1 atom stereocenters. The number of phenols is 1. The topological polar surface area (TPSA) is 71.2 Å². The van der Waals surface area contributed by atoms with Crippen LogP contribution in [0, 0.1) is 5.92 Å². The van der Waals surface area contributed by atoms with Gasteiger partial charge in [0.25, 0.3) is 0 Å². The molecule has 0 saturated heterocycles. The van der Waals surface area contributed by atoms with Gasteiger partial charge in [-0.15, -0.1) is 5.10 Å². The number of aliphatic hydroxyl groups excluding tert-OH is 1. The Morgan fingerprint density at radius 1 is 1.27 bits per heavy atom. The van der Waals surface area contributed by atoms with Crippen molar-refractivity contribution in [1.29, 1.82) is 0 Å². The Morgan fingerprint density at radius 2 is 2.18 bits per heavy atom. The van der Waals surface area contributed by atoms with Crippen molar-refractivity contribution < 1.29 is 10.2 Å². The lowest BCUT2D eigenvalue weighted by atomic mass is 10.0. The van der Waals surface area contributed by atoms with Crippen molar-refractivity contribution in [2.24, 2.45) is 5.92 Å². The van der Waals surface area contributed by atoms with Gasteiger partial charge in [0.2, 0.25) is 0 Å². The van der Waals surface area contributed by atoms with Crippen LogP contribution in [0.3, 0.4) is 0 Å². The highest BCUT2D eigenvalue weighted by Gasteiger charge is 2.12. The number of aromatic nitrogens is 3. The molecule has 5 nitrogen and oxygen atoms in total. The molecule has 22 heavy (non-hydrogen) atoms. The van der Waals surface area contributed by atoms with Crippen molar-refractivity contribution in [2.45, 2.75) is 13.0 Å². The van der Waals surface area contributed by atoms with Crippen molar-refractivity contribution in [3.8, 4) is 17.0 Å². The van der Waals surface area contributed by atoms with Gasteiger partial charge in [0.15, 0.2) is 0 Å². The fourth-order valence-electron chi connectivity index (χ4n) is 2.38. The minimum atomic E-state index is 0.105. The number of aromatic hydroxyl groups is 1. The summed E-state index contributed by atoms with van der Waals surface area (Å²) in [6.07, 6.45) is 2.66. The van der Waals surface area contributed by atoms with Gasteiger partial charge in [-0.2, -0.15) is 11.3 Å². The molecule has 2 heterocycles. The minimum Gasteiger partial charge on any atom is -0.508 e. The fourth-order valence-corrected chi connectivity index (χ4v) is 3.06. The van der Waals surface area contributed by atoms with Crippen molar-refractivity contribution in [2.75, 3.05) is 6.61 Å². The lowest BCUT2D eigenvalue weighted by Crippen LogP contribution is -2.17. The summed E-state index contributed by atoms with van der Waals surface area (Å²) in [6.45, 7) is 0.718. The largest absolute Gasteiger partial charge is 0.508 e. The van der Waals surface area contributed by atoms with E-state index in [4.69, 9.17) is 0 Å². The molecule has 0 spiro atoms. The molecule has 0 aliphatic rings. The summed E-state index contributed by atoms with van der Waals surface area (Å²) >= 11 is 1.66. The second-order valence-electron chi connectivity index (χ2n) is 5.26. The van der Waals surface area contributed by atoms with Crippen LogP contribution in [0.15, 0.2) is 47.3 Å². The van der Waals surface area contributed by atoms with E-state index in [1.165, 1.54) is 5.56 Å². The number of hydrogen-bond acceptors (Lipinski definition) is 5. The van der Waals surface area contributed by atoms with Crippen molar-refractivity contribution in [1.82, 2.24) is 15.0 Å². The molecule has 6 heteroatoms. The first-order valence-electron chi connectivity index (χ1n) is 7.06. The third-order valence-corrected chi connectivity index (χ3v) is 4.22. The van der Waals surface area contributed by atoms with E-state index in [0.717, 1.165) is 12.0 Å². The molecule has 0 fully saturated rings. The average molecular weight is 315 g/mol. The molecule has 0 bridgehead atoms. The standard InChI is InChI=1S/C16H17N3O2S/c20-10-13(6-12-4-5-22-11-12)8-19-9-16(17-18-19)14-2-1-3-15(21)7-14/h1-5,7,9,11,13,20-21H,6,8,10H2/t13-/m1/s1. The van der Waals surface area contributed by atoms with Crippen LogP contribution in [0.1, 0.15) is 5.56 Å². The molecule has 0 radical (unpaired) electrons. The van der Waals surface area contributed by atoms with Gasteiger partial charge < -0.3 is 10.2 Å². The quantitative estimate of drug-likeness (QED) is 0.733. The van der Waals surface area contributed by atoms with Crippen LogP contribution in [-0.2, 0) is 13.0 Å². The zero-order valence-corrected chi connectivity index (χ0v) is 12.8. The van der Waals surface area contributed by atoms with Crippen molar-refractivity contribution in [3.63, 3.8) is 0 Å². The van der Waals surface area contributed by atoms with Crippen LogP contribution in [0.4, 0.5) is 0 Å². The van der Waals surface area contributed by atoms with Crippen molar-refractivity contribution >= 4 is 11.3 Å². The first-order chi connectivity index (χ1) is 10.7. The Hall–Kier alpha value is -2.18. The average Bonchev–Trinajstić information content (AvgIpc) is 3.18. The van der Waals surface area contributed by atoms with Crippen LogP contribution in [0.5, 0.6) is 5.75 Å². The van der Waals surface area contributed by atoms with E-state index in [-0.39, 0.29) is 18.3 Å². The summed E-state index contributed by atoms with van der Waals surface area (Å²) < 4.78 is 1.74. The number of hydrogen-bond donors (Lipinski definition) is 2. The zero-order chi connectivity index (χ0) is 15.4. The lowest BCUT2D eigenvalue weighted by Gasteiger charge is -2.12.